The molecule has 32 heavy (non-hydrogen) atoms. The fraction of sp³-hybridized carbons (Fsp3) is 0.357. The Morgan fingerprint density at radius 3 is 2.44 bits per heavy atom. The topological polar surface area (TPSA) is 47.0 Å². The fourth-order valence-electron chi connectivity index (χ4n) is 5.17. The Bertz CT molecular complexity index is 1130. The lowest BCUT2D eigenvalue weighted by Crippen LogP contribution is -2.38. The van der Waals surface area contributed by atoms with Crippen LogP contribution >= 0.6 is 0 Å². The summed E-state index contributed by atoms with van der Waals surface area (Å²) >= 11 is 0. The van der Waals surface area contributed by atoms with Gasteiger partial charge in [-0.1, -0.05) is 48.5 Å². The molecule has 0 amide bonds. The molecular weight excluding hydrogens is 394 g/mol. The van der Waals surface area contributed by atoms with Crippen molar-refractivity contribution in [2.75, 3.05) is 19.7 Å². The van der Waals surface area contributed by atoms with Gasteiger partial charge in [-0.25, -0.2) is 0 Å². The highest BCUT2D eigenvalue weighted by Gasteiger charge is 2.22. The molecule has 1 fully saturated rings. The predicted octanol–water partition coefficient (Wildman–Crippen LogP) is 5.34. The third-order valence-electron chi connectivity index (χ3n) is 6.82. The van der Waals surface area contributed by atoms with Gasteiger partial charge >= 0.3 is 0 Å². The number of rotatable bonds is 3. The summed E-state index contributed by atoms with van der Waals surface area (Å²) in [6.45, 7) is 2.91. The number of fused-ring (bicyclic) bond motifs is 5. The van der Waals surface area contributed by atoms with E-state index in [1.807, 2.05) is 0 Å². The highest BCUT2D eigenvalue weighted by molar-refractivity contribution is 6.08. The van der Waals surface area contributed by atoms with E-state index in [1.165, 1.54) is 53.6 Å². The third kappa shape index (κ3) is 4.82. The van der Waals surface area contributed by atoms with Crippen molar-refractivity contribution in [3.05, 3.63) is 84.4 Å². The molecule has 1 aromatic heterocycles. The lowest BCUT2D eigenvalue weighted by Gasteiger charge is -2.29. The summed E-state index contributed by atoms with van der Waals surface area (Å²) < 4.78 is 5.87. The molecule has 0 radical (unpaired) electrons. The molecule has 6 rings (SSSR count). The first-order valence-electron chi connectivity index (χ1n) is 11.8. The van der Waals surface area contributed by atoms with Crippen molar-refractivity contribution in [2.24, 2.45) is 5.92 Å². The van der Waals surface area contributed by atoms with Crippen molar-refractivity contribution in [1.29, 1.82) is 0 Å². The van der Waals surface area contributed by atoms with E-state index in [4.69, 9.17) is 4.74 Å². The lowest BCUT2D eigenvalue weighted by molar-refractivity contribution is 0.0194. The van der Waals surface area contributed by atoms with E-state index in [1.54, 1.807) is 35.9 Å². The molecule has 2 aliphatic rings. The second kappa shape index (κ2) is 10.2. The summed E-state index contributed by atoms with van der Waals surface area (Å²) in [5, 5.41) is 9.07. The Morgan fingerprint density at radius 2 is 1.66 bits per heavy atom. The molecule has 3 aromatic carbocycles. The molecule has 4 heteroatoms. The number of nitrogens with one attached hydrogen (secondary N) is 1. The summed E-state index contributed by atoms with van der Waals surface area (Å²) in [7, 11) is 0. The number of hydrogen-bond acceptors (Lipinski definition) is 4. The first-order valence-corrected chi connectivity index (χ1v) is 11.8. The van der Waals surface area contributed by atoms with Crippen molar-refractivity contribution in [3.8, 4) is 0 Å². The van der Waals surface area contributed by atoms with Crippen LogP contribution in [-0.4, -0.2) is 35.8 Å². The summed E-state index contributed by atoms with van der Waals surface area (Å²) in [4.78, 5) is 7.44. The molecule has 2 atom stereocenters. The van der Waals surface area contributed by atoms with Gasteiger partial charge in [0.1, 0.15) is 0 Å². The average molecular weight is 426 g/mol. The van der Waals surface area contributed by atoms with Crippen LogP contribution in [0.3, 0.4) is 0 Å². The Morgan fingerprint density at radius 1 is 0.844 bits per heavy atom. The van der Waals surface area contributed by atoms with E-state index in [0.717, 1.165) is 25.6 Å². The van der Waals surface area contributed by atoms with E-state index < -0.39 is 0 Å². The van der Waals surface area contributed by atoms with Crippen LogP contribution in [0.15, 0.2) is 73.3 Å². The van der Waals surface area contributed by atoms with Crippen LogP contribution in [0.1, 0.15) is 30.4 Å². The Kier molecular flexibility index (Phi) is 6.71. The quantitative estimate of drug-likeness (QED) is 0.450. The molecular formula is C28H31N3O. The van der Waals surface area contributed by atoms with Crippen molar-refractivity contribution in [1.82, 2.24) is 15.3 Å². The molecule has 1 aliphatic carbocycles. The van der Waals surface area contributed by atoms with Crippen LogP contribution in [0.2, 0.25) is 0 Å². The second-order valence-electron chi connectivity index (χ2n) is 8.86. The third-order valence-corrected chi connectivity index (χ3v) is 6.82. The maximum absolute atomic E-state index is 5.87. The van der Waals surface area contributed by atoms with Gasteiger partial charge in [-0.3, -0.25) is 9.97 Å². The number of benzene rings is 3. The van der Waals surface area contributed by atoms with E-state index in [9.17, 15) is 0 Å². The minimum absolute atomic E-state index is 0.424. The van der Waals surface area contributed by atoms with Gasteiger partial charge in [0.25, 0.3) is 0 Å². The molecule has 2 unspecified atom stereocenters. The van der Waals surface area contributed by atoms with Gasteiger partial charge in [-0.15, -0.1) is 0 Å². The summed E-state index contributed by atoms with van der Waals surface area (Å²) in [5.74, 6) is 0.811. The van der Waals surface area contributed by atoms with Crippen LogP contribution in [0, 0.1) is 5.92 Å². The van der Waals surface area contributed by atoms with E-state index in [-0.39, 0.29) is 0 Å². The van der Waals surface area contributed by atoms with Crippen LogP contribution < -0.4 is 5.32 Å². The van der Waals surface area contributed by atoms with Gasteiger partial charge in [-0.2, -0.15) is 0 Å². The number of ether oxygens (including phenoxy) is 1. The predicted molar refractivity (Wildman–Crippen MR) is 131 cm³/mol. The zero-order valence-electron chi connectivity index (χ0n) is 18.5. The molecule has 1 saturated heterocycles. The molecule has 1 N–H and O–H groups in total. The Labute approximate surface area is 190 Å². The summed E-state index contributed by atoms with van der Waals surface area (Å²) in [5.41, 5.74) is 3.17. The molecule has 0 spiro atoms. The molecule has 0 saturated carbocycles. The number of nitrogens with zero attached hydrogens (tertiary/aromatic N) is 2. The van der Waals surface area contributed by atoms with Gasteiger partial charge in [0.2, 0.25) is 0 Å². The van der Waals surface area contributed by atoms with Crippen molar-refractivity contribution in [2.45, 2.75) is 38.2 Å². The first kappa shape index (κ1) is 21.0. The maximum Gasteiger partial charge on any atom is 0.0700 e. The smallest absolute Gasteiger partial charge is 0.0700 e. The van der Waals surface area contributed by atoms with Gasteiger partial charge < -0.3 is 10.1 Å². The van der Waals surface area contributed by atoms with Crippen LogP contribution in [0.5, 0.6) is 0 Å². The average Bonchev–Trinajstić information content (AvgIpc) is 2.89. The normalized spacial score (nSPS) is 20.4. The largest absolute Gasteiger partial charge is 0.376 e. The lowest BCUT2D eigenvalue weighted by atomic mass is 9.79. The van der Waals surface area contributed by atoms with Gasteiger partial charge in [0.15, 0.2) is 0 Å². The van der Waals surface area contributed by atoms with Gasteiger partial charge in [0, 0.05) is 37.9 Å². The number of aromatic nitrogens is 2. The fourth-order valence-corrected chi connectivity index (χ4v) is 5.17. The Hall–Kier alpha value is -2.82. The Balaban J connectivity index is 0.000000314. The van der Waals surface area contributed by atoms with E-state index >= 15 is 0 Å². The maximum atomic E-state index is 5.87. The van der Waals surface area contributed by atoms with Crippen LogP contribution in [0.4, 0.5) is 0 Å². The standard InChI is InChI=1S/C24H27NO.C4H4N2/c1-2-4-21-18(3-1)7-11-24-22-10-6-17(15-19(22)8-12-23(21)24)5-9-20-16-25-13-14-26-20;1-2-6-4-3-5-1/h1-4,7-8,11-12,17,20,25H,5-6,9-10,13-16H2;1-4H. The van der Waals surface area contributed by atoms with Crippen LogP contribution in [0.25, 0.3) is 21.5 Å². The zero-order valence-corrected chi connectivity index (χ0v) is 18.5. The van der Waals surface area contributed by atoms with Crippen molar-refractivity contribution < 1.29 is 4.74 Å². The molecule has 1 aliphatic heterocycles. The van der Waals surface area contributed by atoms with Crippen LogP contribution in [-0.2, 0) is 17.6 Å². The van der Waals surface area contributed by atoms with E-state index in [2.05, 4.69) is 63.8 Å². The molecule has 4 nitrogen and oxygen atoms in total. The highest BCUT2D eigenvalue weighted by atomic mass is 16.5. The molecule has 4 aromatic rings. The van der Waals surface area contributed by atoms with Crippen molar-refractivity contribution >= 4 is 21.5 Å². The zero-order chi connectivity index (χ0) is 21.6. The monoisotopic (exact) mass is 425 g/mol. The van der Waals surface area contributed by atoms with Gasteiger partial charge in [-0.05, 0) is 70.7 Å². The summed E-state index contributed by atoms with van der Waals surface area (Å²) in [6, 6.07) is 18.1. The molecule has 2 heterocycles. The molecule has 0 bridgehead atoms. The summed E-state index contributed by atoms with van der Waals surface area (Å²) in [6.07, 6.45) is 13.2. The van der Waals surface area contributed by atoms with E-state index in [0.29, 0.717) is 6.10 Å². The van der Waals surface area contributed by atoms with Gasteiger partial charge in [0.05, 0.1) is 12.7 Å². The first-order chi connectivity index (χ1) is 15.9. The number of hydrogen-bond donors (Lipinski definition) is 1. The highest BCUT2D eigenvalue weighted by Crippen LogP contribution is 2.36. The minimum Gasteiger partial charge on any atom is -0.376 e. The van der Waals surface area contributed by atoms with Crippen molar-refractivity contribution in [3.63, 3.8) is 0 Å². The molecule has 164 valence electrons. The number of aryl methyl sites for hydroxylation is 1. The minimum atomic E-state index is 0.424. The second-order valence-corrected chi connectivity index (χ2v) is 8.86. The SMILES string of the molecule is c1ccc2c(c1)ccc1c3c(ccc12)CC(CCC1CNCCO1)CC3.c1cnccn1. The number of morpholine rings is 1.